The van der Waals surface area contributed by atoms with E-state index in [0.29, 0.717) is 18.6 Å². The number of ketones is 1. The van der Waals surface area contributed by atoms with Gasteiger partial charge in [-0.1, -0.05) is 36.4 Å². The minimum absolute atomic E-state index is 0.147. The van der Waals surface area contributed by atoms with E-state index in [9.17, 15) is 19.7 Å². The highest BCUT2D eigenvalue weighted by Gasteiger charge is 2.18. The van der Waals surface area contributed by atoms with Crippen LogP contribution in [0.2, 0.25) is 0 Å². The van der Waals surface area contributed by atoms with Crippen molar-refractivity contribution in [2.24, 2.45) is 0 Å². The van der Waals surface area contributed by atoms with Crippen molar-refractivity contribution in [1.82, 2.24) is 10.3 Å². The maximum atomic E-state index is 12.9. The summed E-state index contributed by atoms with van der Waals surface area (Å²) in [5, 5.41) is 16.1. The third-order valence-electron chi connectivity index (χ3n) is 6.25. The second-order valence-corrected chi connectivity index (χ2v) is 9.52. The standard InChI is InChI=1S/C29H22BrN3O5/c30-24-12-9-19(15-27(24)33(36)37)28(34)17-31-29(35)21-6-2-1-5-18(21)13-14-38-20-10-11-23-22-7-3-4-8-25(22)32-26(23)16-20/h1-12,15-16,32H,13-14,17H2,(H,31,35). The van der Waals surface area contributed by atoms with Gasteiger partial charge in [0.15, 0.2) is 5.78 Å². The lowest BCUT2D eigenvalue weighted by molar-refractivity contribution is -0.385. The van der Waals surface area contributed by atoms with Crippen LogP contribution < -0.4 is 10.1 Å². The van der Waals surface area contributed by atoms with Crippen molar-refractivity contribution in [3.63, 3.8) is 0 Å². The number of halogens is 1. The van der Waals surface area contributed by atoms with E-state index in [-0.39, 0.29) is 22.3 Å². The molecule has 0 aliphatic rings. The van der Waals surface area contributed by atoms with E-state index in [2.05, 4.69) is 32.3 Å². The molecule has 0 radical (unpaired) electrons. The Balaban J connectivity index is 1.21. The van der Waals surface area contributed by atoms with Crippen LogP contribution in [0, 0.1) is 10.1 Å². The van der Waals surface area contributed by atoms with E-state index in [4.69, 9.17) is 4.74 Å². The fourth-order valence-corrected chi connectivity index (χ4v) is 4.74. The zero-order valence-electron chi connectivity index (χ0n) is 20.1. The Morgan fingerprint density at radius 1 is 0.921 bits per heavy atom. The van der Waals surface area contributed by atoms with Crippen LogP contribution in [0.25, 0.3) is 21.8 Å². The number of hydrogen-bond donors (Lipinski definition) is 2. The fourth-order valence-electron chi connectivity index (χ4n) is 4.35. The number of H-pyrrole nitrogens is 1. The second kappa shape index (κ2) is 10.9. The number of carbonyl (C=O) groups excluding carboxylic acids is 2. The first-order valence-corrected chi connectivity index (χ1v) is 12.7. The number of benzene rings is 4. The highest BCUT2D eigenvalue weighted by atomic mass is 79.9. The maximum absolute atomic E-state index is 12.9. The molecule has 0 saturated heterocycles. The Hall–Kier alpha value is -4.50. The van der Waals surface area contributed by atoms with Gasteiger partial charge in [-0.2, -0.15) is 0 Å². The molecule has 1 aromatic heterocycles. The van der Waals surface area contributed by atoms with E-state index in [1.165, 1.54) is 18.2 Å². The second-order valence-electron chi connectivity index (χ2n) is 8.66. The molecule has 0 aliphatic carbocycles. The fraction of sp³-hybridized carbons (Fsp3) is 0.103. The Labute approximate surface area is 225 Å². The van der Waals surface area contributed by atoms with Gasteiger partial charge >= 0.3 is 0 Å². The lowest BCUT2D eigenvalue weighted by Crippen LogP contribution is -2.30. The number of nitrogens with one attached hydrogen (secondary N) is 2. The highest BCUT2D eigenvalue weighted by molar-refractivity contribution is 9.10. The molecule has 8 nitrogen and oxygen atoms in total. The Bertz CT molecular complexity index is 1690. The van der Waals surface area contributed by atoms with Crippen LogP contribution in [0.15, 0.2) is 89.4 Å². The summed E-state index contributed by atoms with van der Waals surface area (Å²) >= 11 is 3.10. The molecule has 190 valence electrons. The van der Waals surface area contributed by atoms with Crippen molar-refractivity contribution in [1.29, 1.82) is 0 Å². The number of Topliss-reactive ketones (excluding diaryl/α,β-unsaturated/α-hetero) is 1. The van der Waals surface area contributed by atoms with Gasteiger partial charge in [-0.3, -0.25) is 19.7 Å². The molecule has 0 saturated carbocycles. The van der Waals surface area contributed by atoms with Gasteiger partial charge in [0.1, 0.15) is 5.75 Å². The van der Waals surface area contributed by atoms with Crippen LogP contribution in [0.3, 0.4) is 0 Å². The Morgan fingerprint density at radius 2 is 1.68 bits per heavy atom. The summed E-state index contributed by atoms with van der Waals surface area (Å²) in [6.45, 7) is 0.0739. The summed E-state index contributed by atoms with van der Waals surface area (Å²) in [5.41, 5.74) is 3.21. The maximum Gasteiger partial charge on any atom is 0.284 e. The van der Waals surface area contributed by atoms with E-state index in [1.54, 1.807) is 12.1 Å². The minimum Gasteiger partial charge on any atom is -0.493 e. The molecule has 5 aromatic rings. The quantitative estimate of drug-likeness (QED) is 0.124. The van der Waals surface area contributed by atoms with Crippen molar-refractivity contribution in [3.8, 4) is 5.75 Å². The zero-order valence-corrected chi connectivity index (χ0v) is 21.7. The highest BCUT2D eigenvalue weighted by Crippen LogP contribution is 2.28. The Morgan fingerprint density at radius 3 is 2.53 bits per heavy atom. The first kappa shape index (κ1) is 25.2. The SMILES string of the molecule is O=C(CNC(=O)c1ccccc1CCOc1ccc2c(c1)[nH]c1ccccc12)c1ccc(Br)c([N+](=O)[O-])c1. The number of amides is 1. The number of nitro benzene ring substituents is 1. The molecule has 0 aliphatic heterocycles. The predicted molar refractivity (Wildman–Crippen MR) is 149 cm³/mol. The van der Waals surface area contributed by atoms with Gasteiger partial charge in [-0.25, -0.2) is 0 Å². The zero-order chi connectivity index (χ0) is 26.6. The summed E-state index contributed by atoms with van der Waals surface area (Å²) in [7, 11) is 0. The summed E-state index contributed by atoms with van der Waals surface area (Å²) in [6, 6.07) is 25.3. The number of aromatic amines is 1. The van der Waals surface area contributed by atoms with Crippen molar-refractivity contribution < 1.29 is 19.2 Å². The van der Waals surface area contributed by atoms with Crippen LogP contribution in [0.5, 0.6) is 5.75 Å². The van der Waals surface area contributed by atoms with E-state index < -0.39 is 16.6 Å². The molecule has 0 fully saturated rings. The minimum atomic E-state index is -0.573. The lowest BCUT2D eigenvalue weighted by Gasteiger charge is -2.11. The molecular weight excluding hydrogens is 550 g/mol. The average molecular weight is 572 g/mol. The number of carbonyl (C=O) groups is 2. The predicted octanol–water partition coefficient (Wildman–Crippen LogP) is 6.23. The molecule has 9 heteroatoms. The number of rotatable bonds is 9. The topological polar surface area (TPSA) is 114 Å². The molecule has 0 spiro atoms. The third kappa shape index (κ3) is 5.28. The van der Waals surface area contributed by atoms with Crippen molar-refractivity contribution in [2.45, 2.75) is 6.42 Å². The molecule has 4 aromatic carbocycles. The van der Waals surface area contributed by atoms with Gasteiger partial charge in [0.2, 0.25) is 0 Å². The number of ether oxygens (including phenoxy) is 1. The lowest BCUT2D eigenvalue weighted by atomic mass is 10.0. The summed E-state index contributed by atoms with van der Waals surface area (Å²) in [5.74, 6) is -0.109. The van der Waals surface area contributed by atoms with Crippen molar-refractivity contribution in [2.75, 3.05) is 13.2 Å². The van der Waals surface area contributed by atoms with Gasteiger partial charge < -0.3 is 15.0 Å². The third-order valence-corrected chi connectivity index (χ3v) is 6.92. The monoisotopic (exact) mass is 571 g/mol. The molecule has 38 heavy (non-hydrogen) atoms. The largest absolute Gasteiger partial charge is 0.493 e. The van der Waals surface area contributed by atoms with Crippen molar-refractivity contribution in [3.05, 3.63) is 116 Å². The summed E-state index contributed by atoms with van der Waals surface area (Å²) < 4.78 is 6.26. The van der Waals surface area contributed by atoms with E-state index in [1.807, 2.05) is 48.5 Å². The van der Waals surface area contributed by atoms with E-state index >= 15 is 0 Å². The van der Waals surface area contributed by atoms with Gasteiger partial charge in [0.25, 0.3) is 11.6 Å². The first-order valence-electron chi connectivity index (χ1n) is 11.9. The molecule has 1 heterocycles. The normalized spacial score (nSPS) is 11.0. The van der Waals surface area contributed by atoms with Gasteiger partial charge in [0.05, 0.1) is 28.1 Å². The van der Waals surface area contributed by atoms with Crippen LogP contribution in [-0.2, 0) is 6.42 Å². The van der Waals surface area contributed by atoms with Crippen LogP contribution in [0.4, 0.5) is 5.69 Å². The number of fused-ring (bicyclic) bond motifs is 3. The summed E-state index contributed by atoms with van der Waals surface area (Å²) in [4.78, 5) is 39.4. The first-order chi connectivity index (χ1) is 18.4. The van der Waals surface area contributed by atoms with E-state index in [0.717, 1.165) is 33.1 Å². The number of aromatic nitrogens is 1. The van der Waals surface area contributed by atoms with Gasteiger partial charge in [-0.15, -0.1) is 0 Å². The molecule has 1 amide bonds. The number of nitro groups is 1. The number of hydrogen-bond acceptors (Lipinski definition) is 5. The number of nitrogens with zero attached hydrogens (tertiary/aromatic N) is 1. The van der Waals surface area contributed by atoms with Crippen molar-refractivity contribution >= 4 is 55.1 Å². The molecule has 5 rings (SSSR count). The van der Waals surface area contributed by atoms with Crippen LogP contribution in [-0.4, -0.2) is 34.7 Å². The number of para-hydroxylation sites is 1. The van der Waals surface area contributed by atoms with Gasteiger partial charge in [0, 0.05) is 46.0 Å². The molecule has 0 bridgehead atoms. The van der Waals surface area contributed by atoms with Crippen LogP contribution >= 0.6 is 15.9 Å². The van der Waals surface area contributed by atoms with Crippen LogP contribution in [0.1, 0.15) is 26.3 Å². The average Bonchev–Trinajstić information content (AvgIpc) is 3.29. The molecular formula is C29H22BrN3O5. The summed E-state index contributed by atoms with van der Waals surface area (Å²) in [6.07, 6.45) is 0.487. The molecule has 0 unspecified atom stereocenters. The molecule has 0 atom stereocenters. The van der Waals surface area contributed by atoms with Gasteiger partial charge in [-0.05, 0) is 57.9 Å². The smallest absolute Gasteiger partial charge is 0.284 e. The Kier molecular flexibility index (Phi) is 7.19. The molecule has 2 N–H and O–H groups in total.